The summed E-state index contributed by atoms with van der Waals surface area (Å²) in [6, 6.07) is 20.2. The SMILES string of the molecule is O=C(NC1CCCN(c2cc(-c3ccccc3)[nH]n2)C1)c1c[nH]c2ccccc12. The maximum absolute atomic E-state index is 12.8. The van der Waals surface area contributed by atoms with Gasteiger partial charge in [-0.1, -0.05) is 48.5 Å². The Bertz CT molecular complexity index is 1130. The molecule has 29 heavy (non-hydrogen) atoms. The zero-order chi connectivity index (χ0) is 19.6. The van der Waals surface area contributed by atoms with Gasteiger partial charge in [0.2, 0.25) is 0 Å². The molecular weight excluding hydrogens is 362 g/mol. The third kappa shape index (κ3) is 3.49. The van der Waals surface area contributed by atoms with Crippen LogP contribution in [-0.2, 0) is 0 Å². The average molecular weight is 385 g/mol. The molecule has 5 rings (SSSR count). The number of amides is 1. The molecule has 1 unspecified atom stereocenters. The van der Waals surface area contributed by atoms with E-state index in [0.717, 1.165) is 53.9 Å². The maximum Gasteiger partial charge on any atom is 0.253 e. The van der Waals surface area contributed by atoms with Gasteiger partial charge in [-0.2, -0.15) is 5.10 Å². The highest BCUT2D eigenvalue weighted by molar-refractivity contribution is 6.06. The number of rotatable bonds is 4. The summed E-state index contributed by atoms with van der Waals surface area (Å²) in [5.41, 5.74) is 3.80. The maximum atomic E-state index is 12.8. The number of para-hydroxylation sites is 1. The van der Waals surface area contributed by atoms with E-state index in [1.54, 1.807) is 6.20 Å². The molecule has 3 N–H and O–H groups in total. The monoisotopic (exact) mass is 385 g/mol. The summed E-state index contributed by atoms with van der Waals surface area (Å²) in [4.78, 5) is 18.3. The highest BCUT2D eigenvalue weighted by Gasteiger charge is 2.24. The molecule has 1 atom stereocenters. The van der Waals surface area contributed by atoms with Crippen molar-refractivity contribution in [3.05, 3.63) is 72.4 Å². The number of aromatic nitrogens is 3. The summed E-state index contributed by atoms with van der Waals surface area (Å²) >= 11 is 0. The molecule has 1 saturated heterocycles. The number of hydrogen-bond acceptors (Lipinski definition) is 3. The Hall–Kier alpha value is -3.54. The molecule has 1 amide bonds. The quantitative estimate of drug-likeness (QED) is 0.498. The molecule has 6 heteroatoms. The van der Waals surface area contributed by atoms with Crippen molar-refractivity contribution in [2.75, 3.05) is 18.0 Å². The van der Waals surface area contributed by atoms with E-state index in [9.17, 15) is 4.79 Å². The second kappa shape index (κ2) is 7.47. The lowest BCUT2D eigenvalue weighted by Gasteiger charge is -2.33. The van der Waals surface area contributed by atoms with Crippen molar-refractivity contribution >= 4 is 22.6 Å². The molecule has 3 heterocycles. The van der Waals surface area contributed by atoms with Gasteiger partial charge in [-0.15, -0.1) is 0 Å². The number of carbonyl (C=O) groups is 1. The van der Waals surface area contributed by atoms with Crippen LogP contribution in [0.15, 0.2) is 66.9 Å². The predicted molar refractivity (Wildman–Crippen MR) is 115 cm³/mol. The molecule has 2 aromatic heterocycles. The van der Waals surface area contributed by atoms with E-state index in [4.69, 9.17) is 0 Å². The van der Waals surface area contributed by atoms with E-state index < -0.39 is 0 Å². The first-order chi connectivity index (χ1) is 14.3. The number of carbonyl (C=O) groups excluding carboxylic acids is 1. The first-order valence-electron chi connectivity index (χ1n) is 10.0. The molecule has 1 aliphatic rings. The standard InChI is InChI=1S/C23H23N5O/c29-23(19-14-24-20-11-5-4-10-18(19)20)25-17-9-6-12-28(15-17)22-13-21(26-27-22)16-7-2-1-3-8-16/h1-5,7-8,10-11,13-14,17,24H,6,9,12,15H2,(H,25,29)(H,26,27). The van der Waals surface area contributed by atoms with Gasteiger partial charge in [0.15, 0.2) is 5.82 Å². The Balaban J connectivity index is 1.29. The van der Waals surface area contributed by atoms with Crippen molar-refractivity contribution in [2.45, 2.75) is 18.9 Å². The normalized spacial score (nSPS) is 16.8. The third-order valence-corrected chi connectivity index (χ3v) is 5.56. The van der Waals surface area contributed by atoms with Crippen LogP contribution in [0.2, 0.25) is 0 Å². The van der Waals surface area contributed by atoms with Gasteiger partial charge in [-0.3, -0.25) is 9.89 Å². The highest BCUT2D eigenvalue weighted by atomic mass is 16.1. The van der Waals surface area contributed by atoms with Crippen molar-refractivity contribution in [2.24, 2.45) is 0 Å². The topological polar surface area (TPSA) is 76.8 Å². The van der Waals surface area contributed by atoms with Crippen molar-refractivity contribution in [1.82, 2.24) is 20.5 Å². The van der Waals surface area contributed by atoms with Crippen LogP contribution in [-0.4, -0.2) is 40.2 Å². The number of piperidine rings is 1. The zero-order valence-corrected chi connectivity index (χ0v) is 16.1. The third-order valence-electron chi connectivity index (χ3n) is 5.56. The number of H-pyrrole nitrogens is 2. The number of anilines is 1. The molecule has 0 aliphatic carbocycles. The van der Waals surface area contributed by atoms with E-state index in [-0.39, 0.29) is 11.9 Å². The Morgan fingerprint density at radius 1 is 1.10 bits per heavy atom. The summed E-state index contributed by atoms with van der Waals surface area (Å²) in [5.74, 6) is 0.899. The van der Waals surface area contributed by atoms with Gasteiger partial charge in [-0.05, 0) is 24.5 Å². The second-order valence-electron chi connectivity index (χ2n) is 7.51. The Kier molecular flexibility index (Phi) is 4.52. The van der Waals surface area contributed by atoms with E-state index in [1.807, 2.05) is 42.5 Å². The van der Waals surface area contributed by atoms with Gasteiger partial charge >= 0.3 is 0 Å². The van der Waals surface area contributed by atoms with Crippen LogP contribution in [0.25, 0.3) is 22.2 Å². The van der Waals surface area contributed by atoms with E-state index in [0.29, 0.717) is 5.56 Å². The van der Waals surface area contributed by atoms with E-state index in [2.05, 4.69) is 43.6 Å². The van der Waals surface area contributed by atoms with Crippen LogP contribution >= 0.6 is 0 Å². The number of aromatic amines is 2. The number of benzene rings is 2. The first-order valence-corrected chi connectivity index (χ1v) is 10.0. The van der Waals surface area contributed by atoms with Gasteiger partial charge in [0.05, 0.1) is 11.3 Å². The lowest BCUT2D eigenvalue weighted by atomic mass is 10.0. The average Bonchev–Trinajstić information content (AvgIpc) is 3.42. The minimum absolute atomic E-state index is 0.0266. The molecule has 1 fully saturated rings. The Morgan fingerprint density at radius 2 is 1.93 bits per heavy atom. The zero-order valence-electron chi connectivity index (χ0n) is 16.1. The molecule has 0 bridgehead atoms. The molecule has 146 valence electrons. The van der Waals surface area contributed by atoms with Gasteiger partial charge < -0.3 is 15.2 Å². The minimum Gasteiger partial charge on any atom is -0.360 e. The van der Waals surface area contributed by atoms with Gasteiger partial charge in [-0.25, -0.2) is 0 Å². The smallest absolute Gasteiger partial charge is 0.253 e. The van der Waals surface area contributed by atoms with E-state index in [1.165, 1.54) is 0 Å². The van der Waals surface area contributed by atoms with Crippen LogP contribution in [0.3, 0.4) is 0 Å². The fourth-order valence-electron chi connectivity index (χ4n) is 4.06. The summed E-state index contributed by atoms with van der Waals surface area (Å²) in [6.07, 6.45) is 3.79. The van der Waals surface area contributed by atoms with Gasteiger partial charge in [0.25, 0.3) is 5.91 Å². The second-order valence-corrected chi connectivity index (χ2v) is 7.51. The van der Waals surface area contributed by atoms with Crippen LogP contribution < -0.4 is 10.2 Å². The van der Waals surface area contributed by atoms with Crippen molar-refractivity contribution in [1.29, 1.82) is 0 Å². The van der Waals surface area contributed by atoms with Crippen LogP contribution in [0.1, 0.15) is 23.2 Å². The summed E-state index contributed by atoms with van der Waals surface area (Å²) in [6.45, 7) is 1.70. The number of nitrogens with one attached hydrogen (secondary N) is 3. The number of nitrogens with zero attached hydrogens (tertiary/aromatic N) is 2. The summed E-state index contributed by atoms with van der Waals surface area (Å²) in [5, 5.41) is 11.8. The molecule has 2 aromatic carbocycles. The first kappa shape index (κ1) is 17.6. The molecular formula is C23H23N5O. The van der Waals surface area contributed by atoms with Crippen molar-refractivity contribution in [3.8, 4) is 11.3 Å². The Labute approximate surface area is 168 Å². The van der Waals surface area contributed by atoms with Crippen molar-refractivity contribution in [3.63, 3.8) is 0 Å². The summed E-state index contributed by atoms with van der Waals surface area (Å²) < 4.78 is 0. The fourth-order valence-corrected chi connectivity index (χ4v) is 4.06. The van der Waals surface area contributed by atoms with Crippen molar-refractivity contribution < 1.29 is 4.79 Å². The van der Waals surface area contributed by atoms with Crippen LogP contribution in [0.5, 0.6) is 0 Å². The highest BCUT2D eigenvalue weighted by Crippen LogP contribution is 2.24. The Morgan fingerprint density at radius 3 is 2.83 bits per heavy atom. The summed E-state index contributed by atoms with van der Waals surface area (Å²) in [7, 11) is 0. The largest absolute Gasteiger partial charge is 0.360 e. The van der Waals surface area contributed by atoms with Gasteiger partial charge in [0.1, 0.15) is 0 Å². The molecule has 6 nitrogen and oxygen atoms in total. The predicted octanol–water partition coefficient (Wildman–Crippen LogP) is 3.96. The van der Waals surface area contributed by atoms with Crippen LogP contribution in [0, 0.1) is 0 Å². The van der Waals surface area contributed by atoms with Gasteiger partial charge in [0, 0.05) is 42.3 Å². The molecule has 0 radical (unpaired) electrons. The molecule has 0 saturated carbocycles. The fraction of sp³-hybridized carbons (Fsp3) is 0.217. The lowest BCUT2D eigenvalue weighted by Crippen LogP contribution is -2.48. The van der Waals surface area contributed by atoms with E-state index >= 15 is 0 Å². The molecule has 4 aromatic rings. The molecule has 1 aliphatic heterocycles. The van der Waals surface area contributed by atoms with Crippen LogP contribution in [0.4, 0.5) is 5.82 Å². The minimum atomic E-state index is -0.0266. The lowest BCUT2D eigenvalue weighted by molar-refractivity contribution is 0.0935. The number of fused-ring (bicyclic) bond motifs is 1. The number of hydrogen-bond donors (Lipinski definition) is 3. The molecule has 0 spiro atoms.